The van der Waals surface area contributed by atoms with Gasteiger partial charge in [-0.2, -0.15) is 0 Å². The molecule has 0 aliphatic carbocycles. The van der Waals surface area contributed by atoms with Crippen molar-refractivity contribution in [1.82, 2.24) is 14.5 Å². The number of benzene rings is 1. The molecule has 6 nitrogen and oxygen atoms in total. The van der Waals surface area contributed by atoms with Crippen molar-refractivity contribution in [3.63, 3.8) is 0 Å². The van der Waals surface area contributed by atoms with Crippen molar-refractivity contribution < 1.29 is 9.50 Å². The van der Waals surface area contributed by atoms with Gasteiger partial charge in [-0.3, -0.25) is 9.36 Å². The quantitative estimate of drug-likeness (QED) is 0.499. The van der Waals surface area contributed by atoms with Crippen LogP contribution in [0.4, 0.5) is 10.1 Å². The number of thiophene rings is 1. The number of aliphatic hydroxyl groups excluding tert-OH is 1. The number of aliphatic hydroxyl groups is 1. The lowest BCUT2D eigenvalue weighted by molar-refractivity contribution is 0.286. The average molecular weight is 384 g/mol. The van der Waals surface area contributed by atoms with Gasteiger partial charge in [-0.1, -0.05) is 0 Å². The van der Waals surface area contributed by atoms with Crippen molar-refractivity contribution in [3.8, 4) is 5.69 Å². The number of fused-ring (bicyclic) bond motifs is 3. The Bertz CT molecular complexity index is 1150. The number of nitrogens with one attached hydrogen (secondary N) is 1. The molecule has 8 heteroatoms. The number of rotatable bonds is 6. The largest absolute Gasteiger partial charge is 0.396 e. The lowest BCUT2D eigenvalue weighted by Crippen LogP contribution is -2.17. The fraction of sp³-hybridized carbons (Fsp3) is 0.211. The molecule has 3 aromatic heterocycles. The number of hydrogen-bond acceptors (Lipinski definition) is 6. The maximum absolute atomic E-state index is 13.2. The molecule has 0 unspecified atom stereocenters. The lowest BCUT2D eigenvalue weighted by atomic mass is 10.2. The molecule has 0 aliphatic heterocycles. The Balaban J connectivity index is 1.81. The van der Waals surface area contributed by atoms with E-state index in [4.69, 9.17) is 5.11 Å². The van der Waals surface area contributed by atoms with Crippen LogP contribution < -0.4 is 10.9 Å². The molecule has 4 aromatic rings. The van der Waals surface area contributed by atoms with Crippen molar-refractivity contribution in [1.29, 1.82) is 0 Å². The standard InChI is InChI=1S/C19H17FN4O2S/c20-12-3-5-13(6-4-12)24-11-23-16-15-14(21-8-1-2-10-25)7-9-22-18(15)27-17(16)19(24)26/h3-7,9,11,25H,1-2,8,10H2,(H,21,22). The maximum Gasteiger partial charge on any atom is 0.275 e. The van der Waals surface area contributed by atoms with Gasteiger partial charge in [0.05, 0.1) is 16.6 Å². The van der Waals surface area contributed by atoms with E-state index < -0.39 is 0 Å². The van der Waals surface area contributed by atoms with Crippen LogP contribution in [0.1, 0.15) is 12.8 Å². The number of halogens is 1. The van der Waals surface area contributed by atoms with Gasteiger partial charge in [0, 0.05) is 25.0 Å². The molecule has 0 spiro atoms. The molecular weight excluding hydrogens is 367 g/mol. The minimum atomic E-state index is -0.358. The molecule has 138 valence electrons. The lowest BCUT2D eigenvalue weighted by Gasteiger charge is -2.07. The Morgan fingerprint density at radius 3 is 2.74 bits per heavy atom. The van der Waals surface area contributed by atoms with E-state index in [1.807, 2.05) is 6.07 Å². The number of nitrogens with zero attached hydrogens (tertiary/aromatic N) is 3. The first-order valence-corrected chi connectivity index (χ1v) is 9.40. The van der Waals surface area contributed by atoms with Gasteiger partial charge < -0.3 is 10.4 Å². The molecule has 0 aliphatic rings. The van der Waals surface area contributed by atoms with Gasteiger partial charge in [0.2, 0.25) is 0 Å². The van der Waals surface area contributed by atoms with Crippen LogP contribution in [-0.2, 0) is 0 Å². The van der Waals surface area contributed by atoms with E-state index in [0.29, 0.717) is 22.4 Å². The molecule has 0 radical (unpaired) electrons. The maximum atomic E-state index is 13.2. The molecule has 2 N–H and O–H groups in total. The number of pyridine rings is 1. The number of unbranched alkanes of at least 4 members (excludes halogenated alkanes) is 1. The summed E-state index contributed by atoms with van der Waals surface area (Å²) >= 11 is 1.30. The molecule has 4 rings (SSSR count). The Morgan fingerprint density at radius 2 is 1.96 bits per heavy atom. The smallest absolute Gasteiger partial charge is 0.275 e. The third kappa shape index (κ3) is 3.29. The molecular formula is C19H17FN4O2S. The Morgan fingerprint density at radius 1 is 1.15 bits per heavy atom. The van der Waals surface area contributed by atoms with Crippen LogP contribution in [0.15, 0.2) is 47.7 Å². The van der Waals surface area contributed by atoms with Crippen molar-refractivity contribution in [2.75, 3.05) is 18.5 Å². The molecule has 27 heavy (non-hydrogen) atoms. The van der Waals surface area contributed by atoms with Gasteiger partial charge in [0.15, 0.2) is 0 Å². The van der Waals surface area contributed by atoms with Crippen LogP contribution in [0, 0.1) is 5.82 Å². The molecule has 1 aromatic carbocycles. The van der Waals surface area contributed by atoms with Crippen LogP contribution >= 0.6 is 11.3 Å². The van der Waals surface area contributed by atoms with E-state index in [1.54, 1.807) is 18.3 Å². The van der Waals surface area contributed by atoms with Gasteiger partial charge in [-0.05, 0) is 43.2 Å². The van der Waals surface area contributed by atoms with Crippen LogP contribution in [0.25, 0.3) is 26.1 Å². The second kappa shape index (κ2) is 7.42. The second-order valence-corrected chi connectivity index (χ2v) is 7.07. The van der Waals surface area contributed by atoms with Gasteiger partial charge in [-0.15, -0.1) is 11.3 Å². The van der Waals surface area contributed by atoms with Crippen LogP contribution in [-0.4, -0.2) is 32.8 Å². The van der Waals surface area contributed by atoms with E-state index in [-0.39, 0.29) is 18.0 Å². The fourth-order valence-electron chi connectivity index (χ4n) is 2.95. The molecule has 0 saturated carbocycles. The van der Waals surface area contributed by atoms with Crippen molar-refractivity contribution in [3.05, 3.63) is 59.0 Å². The van der Waals surface area contributed by atoms with Crippen molar-refractivity contribution in [2.45, 2.75) is 12.8 Å². The zero-order valence-corrected chi connectivity index (χ0v) is 15.2. The highest BCUT2D eigenvalue weighted by Gasteiger charge is 2.16. The first-order chi connectivity index (χ1) is 13.2. The summed E-state index contributed by atoms with van der Waals surface area (Å²) in [6.45, 7) is 0.878. The van der Waals surface area contributed by atoms with Crippen molar-refractivity contribution >= 4 is 37.5 Å². The summed E-state index contributed by atoms with van der Waals surface area (Å²) in [7, 11) is 0. The van der Waals surface area contributed by atoms with Crippen LogP contribution in [0.2, 0.25) is 0 Å². The first-order valence-electron chi connectivity index (χ1n) is 8.58. The minimum absolute atomic E-state index is 0.166. The Kier molecular flexibility index (Phi) is 4.83. The van der Waals surface area contributed by atoms with E-state index in [1.165, 1.54) is 34.4 Å². The van der Waals surface area contributed by atoms with E-state index >= 15 is 0 Å². The van der Waals surface area contributed by atoms with Gasteiger partial charge in [0.25, 0.3) is 5.56 Å². The monoisotopic (exact) mass is 384 g/mol. The highest BCUT2D eigenvalue weighted by molar-refractivity contribution is 7.25. The minimum Gasteiger partial charge on any atom is -0.396 e. The SMILES string of the molecule is O=c1c2sc3nccc(NCCCCO)c3c2ncn1-c1ccc(F)cc1. The molecule has 0 saturated heterocycles. The predicted octanol–water partition coefficient (Wildman–Crippen LogP) is 3.32. The third-order valence-corrected chi connectivity index (χ3v) is 5.36. The Hall–Kier alpha value is -2.84. The second-order valence-electron chi connectivity index (χ2n) is 6.07. The summed E-state index contributed by atoms with van der Waals surface area (Å²) < 4.78 is 15.1. The first kappa shape index (κ1) is 17.6. The van der Waals surface area contributed by atoms with E-state index in [0.717, 1.165) is 28.7 Å². The normalized spacial score (nSPS) is 11.3. The zero-order chi connectivity index (χ0) is 18.8. The molecule has 0 fully saturated rings. The number of aromatic nitrogens is 3. The Labute approximate surface area is 157 Å². The fourth-order valence-corrected chi connectivity index (χ4v) is 4.00. The average Bonchev–Trinajstić information content (AvgIpc) is 3.07. The summed E-state index contributed by atoms with van der Waals surface area (Å²) in [4.78, 5) is 22.6. The molecule has 0 amide bonds. The zero-order valence-electron chi connectivity index (χ0n) is 14.4. The topological polar surface area (TPSA) is 80.0 Å². The summed E-state index contributed by atoms with van der Waals surface area (Å²) in [6.07, 6.45) is 4.73. The number of anilines is 1. The van der Waals surface area contributed by atoms with Crippen LogP contribution in [0.5, 0.6) is 0 Å². The van der Waals surface area contributed by atoms with Crippen LogP contribution in [0.3, 0.4) is 0 Å². The summed E-state index contributed by atoms with van der Waals surface area (Å²) in [5.74, 6) is -0.358. The third-order valence-electron chi connectivity index (χ3n) is 4.29. The van der Waals surface area contributed by atoms with Gasteiger partial charge in [0.1, 0.15) is 21.7 Å². The van der Waals surface area contributed by atoms with E-state index in [9.17, 15) is 9.18 Å². The highest BCUT2D eigenvalue weighted by atomic mass is 32.1. The summed E-state index contributed by atoms with van der Waals surface area (Å²) in [5.41, 5.74) is 1.83. The summed E-state index contributed by atoms with van der Waals surface area (Å²) in [6, 6.07) is 7.58. The summed E-state index contributed by atoms with van der Waals surface area (Å²) in [5, 5.41) is 13.1. The number of hydrogen-bond donors (Lipinski definition) is 2. The highest BCUT2D eigenvalue weighted by Crippen LogP contribution is 2.34. The predicted molar refractivity (Wildman–Crippen MR) is 105 cm³/mol. The van der Waals surface area contributed by atoms with Crippen molar-refractivity contribution in [2.24, 2.45) is 0 Å². The molecule has 3 heterocycles. The van der Waals surface area contributed by atoms with Gasteiger partial charge >= 0.3 is 0 Å². The van der Waals surface area contributed by atoms with Gasteiger partial charge in [-0.25, -0.2) is 14.4 Å². The van der Waals surface area contributed by atoms with E-state index in [2.05, 4.69) is 15.3 Å². The molecule has 0 bridgehead atoms. The molecule has 0 atom stereocenters.